The highest BCUT2D eigenvalue weighted by atomic mass is 16.5. The van der Waals surface area contributed by atoms with E-state index in [1.165, 1.54) is 24.0 Å². The van der Waals surface area contributed by atoms with Crippen molar-refractivity contribution in [1.29, 1.82) is 0 Å². The Morgan fingerprint density at radius 2 is 2.12 bits per heavy atom. The second kappa shape index (κ2) is 7.19. The summed E-state index contributed by atoms with van der Waals surface area (Å²) in [6.07, 6.45) is 7.11. The van der Waals surface area contributed by atoms with Gasteiger partial charge in [0.15, 0.2) is 5.82 Å². The van der Waals surface area contributed by atoms with Gasteiger partial charge in [-0.05, 0) is 37.4 Å². The van der Waals surface area contributed by atoms with Crippen LogP contribution in [-0.2, 0) is 19.5 Å². The molecule has 2 aromatic heterocycles. The van der Waals surface area contributed by atoms with Gasteiger partial charge in [0.2, 0.25) is 5.89 Å². The summed E-state index contributed by atoms with van der Waals surface area (Å²) in [5, 5.41) is 8.55. The first-order chi connectivity index (χ1) is 12.3. The smallest absolute Gasteiger partial charge is 0.240 e. The van der Waals surface area contributed by atoms with Crippen molar-refractivity contribution in [3.63, 3.8) is 0 Å². The molecule has 25 heavy (non-hydrogen) atoms. The van der Waals surface area contributed by atoms with Crippen LogP contribution in [0.3, 0.4) is 0 Å². The van der Waals surface area contributed by atoms with E-state index >= 15 is 0 Å². The van der Waals surface area contributed by atoms with Crippen molar-refractivity contribution >= 4 is 0 Å². The summed E-state index contributed by atoms with van der Waals surface area (Å²) < 4.78 is 7.51. The predicted octanol–water partition coefficient (Wildman–Crippen LogP) is 2.83. The lowest BCUT2D eigenvalue weighted by Gasteiger charge is -2.22. The van der Waals surface area contributed by atoms with E-state index < -0.39 is 0 Å². The van der Waals surface area contributed by atoms with Crippen molar-refractivity contribution < 1.29 is 4.52 Å². The summed E-state index contributed by atoms with van der Waals surface area (Å²) in [6.45, 7) is 4.77. The van der Waals surface area contributed by atoms with Crippen LogP contribution >= 0.6 is 0 Å². The molecule has 1 saturated heterocycles. The van der Waals surface area contributed by atoms with E-state index in [0.717, 1.165) is 18.9 Å². The second-order valence-electron chi connectivity index (χ2n) is 6.77. The zero-order valence-electron chi connectivity index (χ0n) is 14.5. The summed E-state index contributed by atoms with van der Waals surface area (Å²) in [7, 11) is 0. The number of benzene rings is 1. The Balaban J connectivity index is 1.38. The van der Waals surface area contributed by atoms with Crippen LogP contribution in [0.4, 0.5) is 0 Å². The SMILES string of the molecule is Cc1cnn(C[C@H]2CCCN2Cc2nc(Cc3ccccc3)no2)c1. The van der Waals surface area contributed by atoms with E-state index in [1.807, 2.05) is 29.1 Å². The number of aromatic nitrogens is 4. The Morgan fingerprint density at radius 3 is 2.92 bits per heavy atom. The third-order valence-electron chi connectivity index (χ3n) is 4.71. The van der Waals surface area contributed by atoms with Crippen LogP contribution in [0.1, 0.15) is 35.7 Å². The second-order valence-corrected chi connectivity index (χ2v) is 6.77. The van der Waals surface area contributed by atoms with Gasteiger partial charge in [-0.15, -0.1) is 0 Å². The maximum atomic E-state index is 5.48. The van der Waals surface area contributed by atoms with Crippen molar-refractivity contribution in [3.8, 4) is 0 Å². The molecule has 0 spiro atoms. The molecule has 1 fully saturated rings. The molecule has 0 amide bonds. The lowest BCUT2D eigenvalue weighted by molar-refractivity contribution is 0.192. The summed E-state index contributed by atoms with van der Waals surface area (Å²) in [6, 6.07) is 10.7. The first-order valence-electron chi connectivity index (χ1n) is 8.85. The lowest BCUT2D eigenvalue weighted by Crippen LogP contribution is -2.32. The maximum Gasteiger partial charge on any atom is 0.240 e. The highest BCUT2D eigenvalue weighted by Crippen LogP contribution is 2.21. The van der Waals surface area contributed by atoms with Gasteiger partial charge in [-0.2, -0.15) is 10.1 Å². The van der Waals surface area contributed by atoms with Gasteiger partial charge in [-0.25, -0.2) is 0 Å². The molecule has 6 nitrogen and oxygen atoms in total. The normalized spacial score (nSPS) is 18.0. The van der Waals surface area contributed by atoms with Gasteiger partial charge in [0.1, 0.15) is 0 Å². The monoisotopic (exact) mass is 337 g/mol. The van der Waals surface area contributed by atoms with Crippen LogP contribution in [0.15, 0.2) is 47.2 Å². The van der Waals surface area contributed by atoms with Crippen LogP contribution in [0.2, 0.25) is 0 Å². The average molecular weight is 337 g/mol. The Morgan fingerprint density at radius 1 is 1.24 bits per heavy atom. The average Bonchev–Trinajstić information content (AvgIpc) is 3.33. The lowest BCUT2D eigenvalue weighted by atomic mass is 10.1. The molecular formula is C19H23N5O. The van der Waals surface area contributed by atoms with Gasteiger partial charge in [0.25, 0.3) is 0 Å². The number of hydrogen-bond donors (Lipinski definition) is 0. The molecule has 3 aromatic rings. The van der Waals surface area contributed by atoms with E-state index in [0.29, 0.717) is 24.9 Å². The number of likely N-dealkylation sites (tertiary alicyclic amines) is 1. The van der Waals surface area contributed by atoms with E-state index in [2.05, 4.69) is 45.4 Å². The molecule has 1 aliphatic rings. The molecular weight excluding hydrogens is 314 g/mol. The van der Waals surface area contributed by atoms with Crippen molar-refractivity contribution in [2.45, 2.75) is 45.3 Å². The zero-order valence-corrected chi connectivity index (χ0v) is 14.5. The first kappa shape index (κ1) is 16.0. The largest absolute Gasteiger partial charge is 0.338 e. The molecule has 1 aliphatic heterocycles. The van der Waals surface area contributed by atoms with Gasteiger partial charge < -0.3 is 4.52 Å². The number of aryl methyl sites for hydroxylation is 1. The van der Waals surface area contributed by atoms with Gasteiger partial charge in [-0.3, -0.25) is 9.58 Å². The maximum absolute atomic E-state index is 5.48. The molecule has 6 heteroatoms. The predicted molar refractivity (Wildman–Crippen MR) is 93.9 cm³/mol. The van der Waals surface area contributed by atoms with Crippen molar-refractivity contribution in [3.05, 3.63) is 65.6 Å². The van der Waals surface area contributed by atoms with Gasteiger partial charge >= 0.3 is 0 Å². The number of rotatable bonds is 6. The summed E-state index contributed by atoms with van der Waals surface area (Å²) >= 11 is 0. The van der Waals surface area contributed by atoms with Crippen LogP contribution in [0, 0.1) is 6.92 Å². The fourth-order valence-electron chi connectivity index (χ4n) is 3.47. The molecule has 130 valence electrons. The zero-order chi connectivity index (χ0) is 17.1. The molecule has 0 saturated carbocycles. The quantitative estimate of drug-likeness (QED) is 0.692. The molecule has 3 heterocycles. The third-order valence-corrected chi connectivity index (χ3v) is 4.71. The number of hydrogen-bond acceptors (Lipinski definition) is 5. The van der Waals surface area contributed by atoms with Gasteiger partial charge in [0.05, 0.1) is 19.3 Å². The Labute approximate surface area is 147 Å². The van der Waals surface area contributed by atoms with E-state index in [1.54, 1.807) is 0 Å². The highest BCUT2D eigenvalue weighted by molar-refractivity contribution is 5.18. The first-order valence-corrected chi connectivity index (χ1v) is 8.85. The van der Waals surface area contributed by atoms with Gasteiger partial charge in [0, 0.05) is 18.7 Å². The van der Waals surface area contributed by atoms with Crippen LogP contribution < -0.4 is 0 Å². The molecule has 4 rings (SSSR count). The Hall–Kier alpha value is -2.47. The molecule has 1 aromatic carbocycles. The Bertz CT molecular complexity index is 810. The van der Waals surface area contributed by atoms with E-state index in [-0.39, 0.29) is 0 Å². The van der Waals surface area contributed by atoms with Crippen molar-refractivity contribution in [1.82, 2.24) is 24.8 Å². The summed E-state index contributed by atoms with van der Waals surface area (Å²) in [5.74, 6) is 1.45. The van der Waals surface area contributed by atoms with Gasteiger partial charge in [-0.1, -0.05) is 35.5 Å². The molecule has 0 radical (unpaired) electrons. The van der Waals surface area contributed by atoms with E-state index in [4.69, 9.17) is 4.52 Å². The molecule has 0 N–H and O–H groups in total. The fraction of sp³-hybridized carbons (Fsp3) is 0.421. The molecule has 0 aliphatic carbocycles. The molecule has 0 unspecified atom stereocenters. The molecule has 0 bridgehead atoms. The van der Waals surface area contributed by atoms with Crippen LogP contribution in [0.25, 0.3) is 0 Å². The molecule has 1 atom stereocenters. The summed E-state index contributed by atoms with van der Waals surface area (Å²) in [5.41, 5.74) is 2.40. The minimum absolute atomic E-state index is 0.476. The van der Waals surface area contributed by atoms with E-state index in [9.17, 15) is 0 Å². The summed E-state index contributed by atoms with van der Waals surface area (Å²) in [4.78, 5) is 7.00. The minimum atomic E-state index is 0.476. The highest BCUT2D eigenvalue weighted by Gasteiger charge is 2.26. The topological polar surface area (TPSA) is 60.0 Å². The number of nitrogens with zero attached hydrogens (tertiary/aromatic N) is 5. The fourth-order valence-corrected chi connectivity index (χ4v) is 3.47. The van der Waals surface area contributed by atoms with Crippen LogP contribution in [0.5, 0.6) is 0 Å². The van der Waals surface area contributed by atoms with Crippen LogP contribution in [-0.4, -0.2) is 37.4 Å². The van der Waals surface area contributed by atoms with Crippen molar-refractivity contribution in [2.24, 2.45) is 0 Å². The standard InChI is InChI=1S/C19H23N5O/c1-15-11-20-24(12-15)13-17-8-5-9-23(17)14-19-21-18(22-25-19)10-16-6-3-2-4-7-16/h2-4,6-7,11-12,17H,5,8-10,13-14H2,1H3/t17-/m1/s1. The van der Waals surface area contributed by atoms with Crippen molar-refractivity contribution in [2.75, 3.05) is 6.54 Å². The Kier molecular flexibility index (Phi) is 4.61. The third kappa shape index (κ3) is 3.96. The minimum Gasteiger partial charge on any atom is -0.338 e.